The van der Waals surface area contributed by atoms with Crippen molar-refractivity contribution in [1.82, 2.24) is 4.90 Å². The maximum atomic E-state index is 12.6. The largest absolute Gasteiger partial charge is 0.497 e. The second-order valence-corrected chi connectivity index (χ2v) is 9.29. The molecule has 8 nitrogen and oxygen atoms in total. The molecule has 0 amide bonds. The van der Waals surface area contributed by atoms with Crippen molar-refractivity contribution in [3.63, 3.8) is 0 Å². The summed E-state index contributed by atoms with van der Waals surface area (Å²) in [6, 6.07) is 11.9. The average molecular weight is 459 g/mol. The van der Waals surface area contributed by atoms with Gasteiger partial charge in [-0.2, -0.15) is 8.42 Å². The van der Waals surface area contributed by atoms with Crippen LogP contribution in [0.2, 0.25) is 0 Å². The third-order valence-electron chi connectivity index (χ3n) is 5.82. The van der Waals surface area contributed by atoms with Crippen molar-refractivity contribution in [1.29, 1.82) is 0 Å². The first-order valence-electron chi connectivity index (χ1n) is 10.5. The predicted octanol–water partition coefficient (Wildman–Crippen LogP) is 3.25. The molecular formula is C23H26N2O6S. The normalized spacial score (nSPS) is 19.1. The zero-order valence-electron chi connectivity index (χ0n) is 18.1. The van der Waals surface area contributed by atoms with Crippen LogP contribution in [-0.4, -0.2) is 58.5 Å². The minimum absolute atomic E-state index is 0.0365. The van der Waals surface area contributed by atoms with Crippen LogP contribution in [0.5, 0.6) is 11.5 Å². The van der Waals surface area contributed by atoms with Crippen LogP contribution >= 0.6 is 0 Å². The van der Waals surface area contributed by atoms with Gasteiger partial charge in [0, 0.05) is 30.6 Å². The second kappa shape index (κ2) is 9.20. The number of ether oxygens (including phenoxy) is 3. The number of rotatable bonds is 6. The fraction of sp³-hybridized carbons (Fsp3) is 0.391. The molecule has 2 aliphatic heterocycles. The van der Waals surface area contributed by atoms with Gasteiger partial charge in [0.25, 0.3) is 10.0 Å². The van der Waals surface area contributed by atoms with E-state index in [0.29, 0.717) is 41.4 Å². The Labute approximate surface area is 187 Å². The van der Waals surface area contributed by atoms with Crippen LogP contribution < -0.4 is 9.47 Å². The fourth-order valence-corrected chi connectivity index (χ4v) is 5.42. The van der Waals surface area contributed by atoms with E-state index in [-0.39, 0.29) is 17.5 Å². The van der Waals surface area contributed by atoms with Gasteiger partial charge in [0.05, 0.1) is 20.8 Å². The number of methoxy groups -OCH3 is 2. The van der Waals surface area contributed by atoms with Crippen LogP contribution in [0.3, 0.4) is 0 Å². The molecule has 170 valence electrons. The number of nitrogens with zero attached hydrogens (tertiary/aromatic N) is 2. The summed E-state index contributed by atoms with van der Waals surface area (Å²) in [7, 11) is -0.646. The number of carbonyl (C=O) groups excluding carboxylic acids is 1. The molecule has 2 aromatic rings. The van der Waals surface area contributed by atoms with Gasteiger partial charge in [-0.15, -0.1) is 4.40 Å². The van der Waals surface area contributed by atoms with Gasteiger partial charge < -0.3 is 19.1 Å². The van der Waals surface area contributed by atoms with E-state index in [1.54, 1.807) is 43.5 Å². The van der Waals surface area contributed by atoms with Crippen LogP contribution in [0.15, 0.2) is 51.8 Å². The Bertz CT molecular complexity index is 1140. The number of sulfonamides is 1. The van der Waals surface area contributed by atoms with Crippen molar-refractivity contribution >= 4 is 21.8 Å². The molecule has 2 aromatic carbocycles. The van der Waals surface area contributed by atoms with Gasteiger partial charge in [0.1, 0.15) is 22.0 Å². The van der Waals surface area contributed by atoms with Crippen molar-refractivity contribution in [2.45, 2.75) is 36.6 Å². The average Bonchev–Trinajstić information content (AvgIpc) is 3.09. The van der Waals surface area contributed by atoms with Gasteiger partial charge in [-0.1, -0.05) is 12.1 Å². The minimum atomic E-state index is -3.67. The van der Waals surface area contributed by atoms with Crippen molar-refractivity contribution in [3.05, 3.63) is 53.6 Å². The van der Waals surface area contributed by atoms with E-state index in [2.05, 4.69) is 9.30 Å². The Hall–Kier alpha value is -3.07. The molecule has 0 unspecified atom stereocenters. The molecule has 0 aliphatic carbocycles. The summed E-state index contributed by atoms with van der Waals surface area (Å²) in [5.74, 6) is 0.992. The van der Waals surface area contributed by atoms with Gasteiger partial charge in [-0.25, -0.2) is 4.79 Å². The SMILES string of the molecule is COc1ccc(C(=O)OCC[C@H]2CCCCN2C2=NS(=O)(=O)c3ccccc32)c(OC)c1. The maximum absolute atomic E-state index is 12.6. The van der Waals surface area contributed by atoms with E-state index >= 15 is 0 Å². The number of likely N-dealkylation sites (tertiary alicyclic amines) is 1. The molecule has 4 rings (SSSR count). The lowest BCUT2D eigenvalue weighted by atomic mass is 9.98. The lowest BCUT2D eigenvalue weighted by Crippen LogP contribution is -2.44. The number of hydrogen-bond acceptors (Lipinski definition) is 7. The standard InChI is InChI=1S/C23H26N2O6S/c1-29-17-10-11-18(20(15-17)30-2)23(26)31-14-12-16-7-5-6-13-25(16)22-19-8-3-4-9-21(19)32(27,28)24-22/h3-4,8-11,15-16H,5-7,12-14H2,1-2H3/t16-/m1/s1. The molecule has 0 spiro atoms. The van der Waals surface area contributed by atoms with E-state index in [9.17, 15) is 13.2 Å². The zero-order chi connectivity index (χ0) is 22.7. The molecule has 0 bridgehead atoms. The lowest BCUT2D eigenvalue weighted by Gasteiger charge is -2.37. The first-order chi connectivity index (χ1) is 15.4. The third-order valence-corrected chi connectivity index (χ3v) is 7.15. The van der Waals surface area contributed by atoms with Crippen molar-refractivity contribution in [3.8, 4) is 11.5 Å². The van der Waals surface area contributed by atoms with Gasteiger partial charge >= 0.3 is 5.97 Å². The Morgan fingerprint density at radius 1 is 1.12 bits per heavy atom. The number of esters is 1. The summed E-state index contributed by atoms with van der Waals surface area (Å²) in [5, 5.41) is 0. The summed E-state index contributed by atoms with van der Waals surface area (Å²) in [4.78, 5) is 14.9. The monoisotopic (exact) mass is 458 g/mol. The van der Waals surface area contributed by atoms with E-state index in [1.165, 1.54) is 7.11 Å². The molecular weight excluding hydrogens is 432 g/mol. The highest BCUT2D eigenvalue weighted by molar-refractivity contribution is 7.90. The zero-order valence-corrected chi connectivity index (χ0v) is 18.9. The van der Waals surface area contributed by atoms with Crippen molar-refractivity contribution in [2.24, 2.45) is 4.40 Å². The Morgan fingerprint density at radius 3 is 2.72 bits per heavy atom. The second-order valence-electron chi connectivity index (χ2n) is 7.72. The predicted molar refractivity (Wildman–Crippen MR) is 119 cm³/mol. The first kappa shape index (κ1) is 22.1. The lowest BCUT2D eigenvalue weighted by molar-refractivity contribution is 0.0463. The number of benzene rings is 2. The molecule has 1 saturated heterocycles. The molecule has 2 heterocycles. The summed E-state index contributed by atoms with van der Waals surface area (Å²) in [6.45, 7) is 0.921. The first-order valence-corrected chi connectivity index (χ1v) is 12.0. The number of piperidine rings is 1. The number of amidine groups is 1. The van der Waals surface area contributed by atoms with Gasteiger partial charge in [-0.3, -0.25) is 0 Å². The third kappa shape index (κ3) is 4.29. The van der Waals surface area contributed by atoms with Crippen molar-refractivity contribution < 1.29 is 27.4 Å². The molecule has 1 atom stereocenters. The Kier molecular flexibility index (Phi) is 6.36. The van der Waals surface area contributed by atoms with E-state index in [4.69, 9.17) is 14.2 Å². The van der Waals surface area contributed by atoms with Crippen LogP contribution in [0.25, 0.3) is 0 Å². The van der Waals surface area contributed by atoms with Crippen LogP contribution in [0.1, 0.15) is 41.6 Å². The Balaban J connectivity index is 1.45. The highest BCUT2D eigenvalue weighted by Gasteiger charge is 2.35. The molecule has 9 heteroatoms. The van der Waals surface area contributed by atoms with E-state index in [0.717, 1.165) is 19.3 Å². The number of carbonyl (C=O) groups is 1. The van der Waals surface area contributed by atoms with Crippen LogP contribution in [0.4, 0.5) is 0 Å². The summed E-state index contributed by atoms with van der Waals surface area (Å²) in [6.07, 6.45) is 3.44. The molecule has 2 aliphatic rings. The summed E-state index contributed by atoms with van der Waals surface area (Å²) < 4.78 is 45.0. The Morgan fingerprint density at radius 2 is 1.94 bits per heavy atom. The van der Waals surface area contributed by atoms with Gasteiger partial charge in [0.2, 0.25) is 0 Å². The maximum Gasteiger partial charge on any atom is 0.341 e. The van der Waals surface area contributed by atoms with Gasteiger partial charge in [0.15, 0.2) is 5.84 Å². The molecule has 0 aromatic heterocycles. The van der Waals surface area contributed by atoms with Gasteiger partial charge in [-0.05, 0) is 43.5 Å². The van der Waals surface area contributed by atoms with Crippen LogP contribution in [-0.2, 0) is 14.8 Å². The molecule has 0 saturated carbocycles. The van der Waals surface area contributed by atoms with Crippen LogP contribution in [0, 0.1) is 0 Å². The molecule has 0 radical (unpaired) electrons. The molecule has 0 N–H and O–H groups in total. The number of fused-ring (bicyclic) bond motifs is 1. The quantitative estimate of drug-likeness (QED) is 0.613. The topological polar surface area (TPSA) is 94.5 Å². The van der Waals surface area contributed by atoms with E-state index < -0.39 is 16.0 Å². The smallest absolute Gasteiger partial charge is 0.341 e. The van der Waals surface area contributed by atoms with E-state index in [1.807, 2.05) is 6.07 Å². The molecule has 32 heavy (non-hydrogen) atoms. The minimum Gasteiger partial charge on any atom is -0.497 e. The van der Waals surface area contributed by atoms with Crippen molar-refractivity contribution in [2.75, 3.05) is 27.4 Å². The summed E-state index contributed by atoms with van der Waals surface area (Å²) in [5.41, 5.74) is 0.966. The number of hydrogen-bond donors (Lipinski definition) is 0. The summed E-state index contributed by atoms with van der Waals surface area (Å²) >= 11 is 0. The highest BCUT2D eigenvalue weighted by atomic mass is 32.2. The fourth-order valence-electron chi connectivity index (χ4n) is 4.21. The highest BCUT2D eigenvalue weighted by Crippen LogP contribution is 2.31. The molecule has 1 fully saturated rings.